The third-order valence-corrected chi connectivity index (χ3v) is 1.88. The lowest BCUT2D eigenvalue weighted by atomic mass is 9.99. The molecule has 10 heavy (non-hydrogen) atoms. The van der Waals surface area contributed by atoms with Crippen LogP contribution in [0.3, 0.4) is 0 Å². The predicted molar refractivity (Wildman–Crippen MR) is 48.0 cm³/mol. The van der Waals surface area contributed by atoms with Crippen molar-refractivity contribution in [1.29, 1.82) is 0 Å². The van der Waals surface area contributed by atoms with Crippen molar-refractivity contribution in [2.75, 3.05) is 0 Å². The molecule has 0 rings (SSSR count). The van der Waals surface area contributed by atoms with Crippen LogP contribution in [0.4, 0.5) is 0 Å². The SMILES string of the molecule is CCCCC[C](C)CCC. The molecule has 0 aromatic heterocycles. The Morgan fingerprint density at radius 3 is 2.10 bits per heavy atom. The fourth-order valence-corrected chi connectivity index (χ4v) is 1.23. The first-order valence-electron chi connectivity index (χ1n) is 4.62. The van der Waals surface area contributed by atoms with Crippen LogP contribution in [0.5, 0.6) is 0 Å². The van der Waals surface area contributed by atoms with Crippen molar-refractivity contribution < 1.29 is 0 Å². The Balaban J connectivity index is 2.97. The van der Waals surface area contributed by atoms with Crippen molar-refractivity contribution >= 4 is 0 Å². The Morgan fingerprint density at radius 1 is 0.900 bits per heavy atom. The largest absolute Gasteiger partial charge is 0.0654 e. The minimum Gasteiger partial charge on any atom is -0.0654 e. The Kier molecular flexibility index (Phi) is 7.11. The predicted octanol–water partition coefficient (Wildman–Crippen LogP) is 3.96. The van der Waals surface area contributed by atoms with E-state index < -0.39 is 0 Å². The van der Waals surface area contributed by atoms with Gasteiger partial charge in [0.25, 0.3) is 0 Å². The molecule has 0 N–H and O–H groups in total. The van der Waals surface area contributed by atoms with Crippen LogP contribution in [0.1, 0.15) is 59.3 Å². The second-order valence-electron chi connectivity index (χ2n) is 3.16. The third-order valence-electron chi connectivity index (χ3n) is 1.88. The Hall–Kier alpha value is 0. The van der Waals surface area contributed by atoms with Crippen LogP contribution in [0.25, 0.3) is 0 Å². The molecule has 0 nitrogen and oxygen atoms in total. The van der Waals surface area contributed by atoms with Gasteiger partial charge in [-0.05, 0) is 18.8 Å². The van der Waals surface area contributed by atoms with Gasteiger partial charge in [0.15, 0.2) is 0 Å². The topological polar surface area (TPSA) is 0 Å². The zero-order chi connectivity index (χ0) is 7.82. The van der Waals surface area contributed by atoms with Gasteiger partial charge in [0.2, 0.25) is 0 Å². The van der Waals surface area contributed by atoms with E-state index in [1.807, 2.05) is 0 Å². The molecule has 0 aliphatic heterocycles. The van der Waals surface area contributed by atoms with Gasteiger partial charge in [-0.3, -0.25) is 0 Å². The molecule has 0 heterocycles. The molecule has 0 atom stereocenters. The average Bonchev–Trinajstić information content (AvgIpc) is 1.89. The molecule has 0 aliphatic rings. The minimum absolute atomic E-state index is 1.32. The summed E-state index contributed by atoms with van der Waals surface area (Å²) < 4.78 is 0. The quantitative estimate of drug-likeness (QED) is 0.491. The highest BCUT2D eigenvalue weighted by molar-refractivity contribution is 4.82. The lowest BCUT2D eigenvalue weighted by molar-refractivity contribution is 0.634. The number of hydrogen-bond acceptors (Lipinski definition) is 0. The number of hydrogen-bond donors (Lipinski definition) is 0. The summed E-state index contributed by atoms with van der Waals surface area (Å²) in [6.45, 7) is 6.80. The molecule has 0 saturated carbocycles. The lowest BCUT2D eigenvalue weighted by Crippen LogP contribution is -1.90. The van der Waals surface area contributed by atoms with Gasteiger partial charge in [0, 0.05) is 0 Å². The van der Waals surface area contributed by atoms with E-state index >= 15 is 0 Å². The van der Waals surface area contributed by atoms with E-state index in [0.717, 1.165) is 0 Å². The molecule has 0 aromatic carbocycles. The minimum atomic E-state index is 1.32. The molecule has 0 aliphatic carbocycles. The average molecular weight is 141 g/mol. The molecule has 1 radical (unpaired) electrons. The number of rotatable bonds is 6. The highest BCUT2D eigenvalue weighted by Gasteiger charge is 1.98. The fourth-order valence-electron chi connectivity index (χ4n) is 1.23. The van der Waals surface area contributed by atoms with Crippen molar-refractivity contribution in [3.05, 3.63) is 5.92 Å². The normalized spacial score (nSPS) is 10.8. The van der Waals surface area contributed by atoms with Gasteiger partial charge in [-0.25, -0.2) is 0 Å². The van der Waals surface area contributed by atoms with E-state index in [2.05, 4.69) is 20.8 Å². The first-order chi connectivity index (χ1) is 4.81. The first-order valence-corrected chi connectivity index (χ1v) is 4.62. The van der Waals surface area contributed by atoms with Gasteiger partial charge in [-0.1, -0.05) is 46.5 Å². The standard InChI is InChI=1S/C10H21/c1-4-6-7-9-10(3)8-5-2/h4-9H2,1-3H3. The maximum atomic E-state index is 2.29. The highest BCUT2D eigenvalue weighted by atomic mass is 14.0. The van der Waals surface area contributed by atoms with Gasteiger partial charge in [-0.2, -0.15) is 0 Å². The van der Waals surface area contributed by atoms with Gasteiger partial charge in [0.1, 0.15) is 0 Å². The van der Waals surface area contributed by atoms with Gasteiger partial charge in [0.05, 0.1) is 0 Å². The molecule has 0 saturated heterocycles. The van der Waals surface area contributed by atoms with Crippen LogP contribution < -0.4 is 0 Å². The van der Waals surface area contributed by atoms with Gasteiger partial charge in [-0.15, -0.1) is 0 Å². The first kappa shape index (κ1) is 10.0. The van der Waals surface area contributed by atoms with Crippen molar-refractivity contribution in [2.24, 2.45) is 0 Å². The van der Waals surface area contributed by atoms with Crippen LogP contribution in [-0.4, -0.2) is 0 Å². The van der Waals surface area contributed by atoms with E-state index in [4.69, 9.17) is 0 Å². The summed E-state index contributed by atoms with van der Waals surface area (Å²) in [5.41, 5.74) is 0. The lowest BCUT2D eigenvalue weighted by Gasteiger charge is -2.07. The molecule has 0 spiro atoms. The molecule has 0 heteroatoms. The van der Waals surface area contributed by atoms with Crippen molar-refractivity contribution in [1.82, 2.24) is 0 Å². The maximum absolute atomic E-state index is 2.29. The van der Waals surface area contributed by atoms with Crippen molar-refractivity contribution in [3.63, 3.8) is 0 Å². The summed E-state index contributed by atoms with van der Waals surface area (Å²) in [5.74, 6) is 1.69. The molecule has 0 fully saturated rings. The maximum Gasteiger partial charge on any atom is -0.0272 e. The van der Waals surface area contributed by atoms with E-state index in [9.17, 15) is 0 Å². The zero-order valence-electron chi connectivity index (χ0n) is 7.74. The van der Waals surface area contributed by atoms with E-state index in [-0.39, 0.29) is 0 Å². The molecular weight excluding hydrogens is 120 g/mol. The Bertz CT molecular complexity index is 57.1. The summed E-state index contributed by atoms with van der Waals surface area (Å²) in [5, 5.41) is 0. The smallest absolute Gasteiger partial charge is 0.0272 e. The molecule has 61 valence electrons. The summed E-state index contributed by atoms with van der Waals surface area (Å²) in [4.78, 5) is 0. The summed E-state index contributed by atoms with van der Waals surface area (Å²) in [6.07, 6.45) is 8.17. The molecule has 0 amide bonds. The van der Waals surface area contributed by atoms with Crippen LogP contribution in [0.15, 0.2) is 0 Å². The molecular formula is C10H21. The molecule has 0 bridgehead atoms. The summed E-state index contributed by atoms with van der Waals surface area (Å²) in [6, 6.07) is 0. The van der Waals surface area contributed by atoms with Gasteiger partial charge >= 0.3 is 0 Å². The molecule has 0 unspecified atom stereocenters. The van der Waals surface area contributed by atoms with Crippen LogP contribution in [-0.2, 0) is 0 Å². The van der Waals surface area contributed by atoms with E-state index in [1.54, 1.807) is 5.92 Å². The molecule has 0 aromatic rings. The van der Waals surface area contributed by atoms with E-state index in [1.165, 1.54) is 38.5 Å². The summed E-state index contributed by atoms with van der Waals surface area (Å²) in [7, 11) is 0. The second kappa shape index (κ2) is 7.11. The van der Waals surface area contributed by atoms with Crippen LogP contribution in [0.2, 0.25) is 0 Å². The fraction of sp³-hybridized carbons (Fsp3) is 0.900. The summed E-state index contributed by atoms with van der Waals surface area (Å²) >= 11 is 0. The zero-order valence-corrected chi connectivity index (χ0v) is 7.74. The second-order valence-corrected chi connectivity index (χ2v) is 3.16. The Labute approximate surface area is 66.0 Å². The van der Waals surface area contributed by atoms with Crippen LogP contribution >= 0.6 is 0 Å². The van der Waals surface area contributed by atoms with Crippen molar-refractivity contribution in [3.8, 4) is 0 Å². The highest BCUT2D eigenvalue weighted by Crippen LogP contribution is 2.16. The van der Waals surface area contributed by atoms with Gasteiger partial charge < -0.3 is 0 Å². The monoisotopic (exact) mass is 141 g/mol. The third kappa shape index (κ3) is 6.12. The number of unbranched alkanes of at least 4 members (excludes halogenated alkanes) is 2. The Morgan fingerprint density at radius 2 is 1.60 bits per heavy atom. The van der Waals surface area contributed by atoms with Crippen LogP contribution in [0, 0.1) is 5.92 Å². The van der Waals surface area contributed by atoms with Crippen molar-refractivity contribution in [2.45, 2.75) is 59.3 Å². The van der Waals surface area contributed by atoms with E-state index in [0.29, 0.717) is 0 Å².